The Morgan fingerprint density at radius 2 is 1.71 bits per heavy atom. The Kier molecular flexibility index (Phi) is 2.40. The van der Waals surface area contributed by atoms with Gasteiger partial charge in [0.1, 0.15) is 22.5 Å². The minimum Gasteiger partial charge on any atom is -0.505 e. The third-order valence-electron chi connectivity index (χ3n) is 4.44. The lowest BCUT2D eigenvalue weighted by molar-refractivity contribution is 0.458. The zero-order valence-corrected chi connectivity index (χ0v) is 12.5. The molecule has 0 aliphatic carbocycles. The number of aromatic hydroxyl groups is 1. The van der Waals surface area contributed by atoms with Gasteiger partial charge in [-0.1, -0.05) is 32.0 Å². The van der Waals surface area contributed by atoms with Crippen molar-refractivity contribution in [1.82, 2.24) is 14.1 Å². The Bertz CT molecular complexity index is 883. The molecule has 0 spiro atoms. The molecule has 0 saturated heterocycles. The number of rotatable bonds is 3. The van der Waals surface area contributed by atoms with Crippen molar-refractivity contribution in [2.75, 3.05) is 0 Å². The molecule has 2 heterocycles. The SMILES string of the molecule is CCC(C)c1cc(C)cc(-n2n3c4ccccc4n23)c1O. The van der Waals surface area contributed by atoms with Gasteiger partial charge >= 0.3 is 0 Å². The molecule has 0 saturated carbocycles. The monoisotopic (exact) mass is 281 g/mol. The zero-order valence-electron chi connectivity index (χ0n) is 12.5. The quantitative estimate of drug-likeness (QED) is 0.606. The molecule has 108 valence electrons. The average Bonchev–Trinajstić information content (AvgIpc) is 3.14. The van der Waals surface area contributed by atoms with E-state index in [2.05, 4.69) is 48.2 Å². The molecule has 1 unspecified atom stereocenters. The molecule has 1 N–H and O–H groups in total. The average molecular weight is 281 g/mol. The van der Waals surface area contributed by atoms with Crippen LogP contribution in [0.25, 0.3) is 16.7 Å². The van der Waals surface area contributed by atoms with Crippen molar-refractivity contribution in [2.45, 2.75) is 33.1 Å². The molecule has 0 bridgehead atoms. The van der Waals surface area contributed by atoms with Crippen molar-refractivity contribution in [3.05, 3.63) is 47.5 Å². The van der Waals surface area contributed by atoms with E-state index in [-0.39, 0.29) is 0 Å². The van der Waals surface area contributed by atoms with E-state index in [1.165, 1.54) is 16.6 Å². The number of para-hydroxylation sites is 2. The first-order chi connectivity index (χ1) is 10.1. The van der Waals surface area contributed by atoms with Crippen LogP contribution in [0.4, 0.5) is 0 Å². The van der Waals surface area contributed by atoms with Crippen LogP contribution in [-0.4, -0.2) is 19.2 Å². The molecule has 4 rings (SSSR count). The molecule has 0 radical (unpaired) electrons. The van der Waals surface area contributed by atoms with E-state index < -0.39 is 0 Å². The fourth-order valence-corrected chi connectivity index (χ4v) is 3.03. The smallest absolute Gasteiger partial charge is 0.146 e. The van der Waals surface area contributed by atoms with Gasteiger partial charge in [0.2, 0.25) is 0 Å². The number of hydrogen-bond donors (Lipinski definition) is 1. The molecule has 4 heteroatoms. The van der Waals surface area contributed by atoms with Crippen LogP contribution < -0.4 is 0 Å². The Morgan fingerprint density at radius 3 is 2.29 bits per heavy atom. The first-order valence-electron chi connectivity index (χ1n) is 7.46. The summed E-state index contributed by atoms with van der Waals surface area (Å²) in [5.41, 5.74) is 5.44. The highest BCUT2D eigenvalue weighted by Gasteiger charge is 2.26. The molecule has 21 heavy (non-hydrogen) atoms. The van der Waals surface area contributed by atoms with Crippen LogP contribution in [0, 0.1) is 6.92 Å². The number of hydrogen-bond acceptors (Lipinski definition) is 1. The predicted octanol–water partition coefficient (Wildman–Crippen LogP) is 3.95. The van der Waals surface area contributed by atoms with Gasteiger partial charge in [0.05, 0.1) is 0 Å². The van der Waals surface area contributed by atoms with Crippen LogP contribution in [0.1, 0.15) is 37.3 Å². The van der Waals surface area contributed by atoms with Gasteiger partial charge in [0.25, 0.3) is 0 Å². The van der Waals surface area contributed by atoms with Crippen molar-refractivity contribution in [2.24, 2.45) is 0 Å². The topological polar surface area (TPSA) is 34.0 Å². The lowest BCUT2D eigenvalue weighted by atomic mass is 9.95. The van der Waals surface area contributed by atoms with E-state index in [0.29, 0.717) is 11.7 Å². The fraction of sp³-hybridized carbons (Fsp3) is 0.294. The molecule has 0 aliphatic heterocycles. The maximum Gasteiger partial charge on any atom is 0.146 e. The molecular weight excluding hydrogens is 262 g/mol. The van der Waals surface area contributed by atoms with Crippen molar-refractivity contribution in [1.29, 1.82) is 0 Å². The number of aryl methyl sites for hydroxylation is 1. The predicted molar refractivity (Wildman–Crippen MR) is 84.0 cm³/mol. The number of aromatic nitrogens is 3. The van der Waals surface area contributed by atoms with Crippen molar-refractivity contribution in [3.63, 3.8) is 0 Å². The molecular formula is C17H19N3O. The summed E-state index contributed by atoms with van der Waals surface area (Å²) >= 11 is 0. The summed E-state index contributed by atoms with van der Waals surface area (Å²) in [5.74, 6) is 0.754. The lowest BCUT2D eigenvalue weighted by Gasteiger charge is -2.14. The first kappa shape index (κ1) is 12.4. The molecule has 0 aliphatic rings. The number of phenols is 1. The van der Waals surface area contributed by atoms with Gasteiger partial charge in [-0.3, -0.25) is 0 Å². The first-order valence-corrected chi connectivity index (χ1v) is 7.46. The van der Waals surface area contributed by atoms with Gasteiger partial charge in [-0.25, -0.2) is 0 Å². The van der Waals surface area contributed by atoms with Gasteiger partial charge in [-0.2, -0.15) is 0 Å². The number of fused-ring (bicyclic) bond motifs is 4. The Balaban J connectivity index is 1.92. The second-order valence-electron chi connectivity index (χ2n) is 5.89. The van der Waals surface area contributed by atoms with Crippen LogP contribution in [0.3, 0.4) is 0 Å². The second kappa shape index (κ2) is 4.07. The van der Waals surface area contributed by atoms with E-state index >= 15 is 0 Å². The third kappa shape index (κ3) is 1.56. The van der Waals surface area contributed by atoms with Gasteiger partial charge < -0.3 is 5.11 Å². The van der Waals surface area contributed by atoms with Crippen LogP contribution in [-0.2, 0) is 0 Å². The Labute approximate surface area is 123 Å². The zero-order chi connectivity index (χ0) is 14.7. The summed E-state index contributed by atoms with van der Waals surface area (Å²) in [6.45, 7) is 6.39. The molecule has 0 amide bonds. The molecule has 4 nitrogen and oxygen atoms in total. The van der Waals surface area contributed by atoms with Gasteiger partial charge in [0.15, 0.2) is 0 Å². The fourth-order valence-electron chi connectivity index (χ4n) is 3.03. The summed E-state index contributed by atoms with van der Waals surface area (Å²) in [4.78, 5) is 2.03. The maximum absolute atomic E-state index is 10.7. The lowest BCUT2D eigenvalue weighted by Crippen LogP contribution is -1.97. The van der Waals surface area contributed by atoms with Gasteiger partial charge in [-0.15, -0.1) is 14.1 Å². The standard InChI is InChI=1S/C17H19N3O/c1-4-12(3)13-9-11(2)10-16(17(13)21)20-18-14-7-5-6-8-15(14)19(18)20/h5-10,12,21H,4H2,1-3H3. The van der Waals surface area contributed by atoms with E-state index in [9.17, 15) is 5.11 Å². The maximum atomic E-state index is 10.7. The van der Waals surface area contributed by atoms with Crippen LogP contribution in [0.5, 0.6) is 5.75 Å². The summed E-state index contributed by atoms with van der Waals surface area (Å²) in [7, 11) is 0. The summed E-state index contributed by atoms with van der Waals surface area (Å²) in [6, 6.07) is 12.4. The highest BCUT2D eigenvalue weighted by molar-refractivity contribution is 5.79. The third-order valence-corrected chi connectivity index (χ3v) is 4.44. The van der Waals surface area contributed by atoms with Crippen LogP contribution >= 0.6 is 0 Å². The van der Waals surface area contributed by atoms with Crippen molar-refractivity contribution < 1.29 is 5.11 Å². The highest BCUT2D eigenvalue weighted by Crippen LogP contribution is 2.37. The Morgan fingerprint density at radius 1 is 1.10 bits per heavy atom. The molecule has 1 atom stereocenters. The molecule has 2 aromatic carbocycles. The normalized spacial score (nSPS) is 13.7. The molecule has 4 aromatic rings. The highest BCUT2D eigenvalue weighted by atomic mass is 16.3. The molecule has 0 fully saturated rings. The molecule has 2 aromatic heterocycles. The van der Waals surface area contributed by atoms with Gasteiger partial charge in [0, 0.05) is 0 Å². The van der Waals surface area contributed by atoms with Crippen LogP contribution in [0.15, 0.2) is 36.4 Å². The number of benzene rings is 2. The summed E-state index contributed by atoms with van der Waals surface area (Å²) in [5, 5.41) is 10.7. The number of phenolic OH excluding ortho intramolecular Hbond substituents is 1. The minimum atomic E-state index is 0.355. The van der Waals surface area contributed by atoms with E-state index in [1.807, 2.05) is 23.0 Å². The number of nitrogens with zero attached hydrogens (tertiary/aromatic N) is 3. The van der Waals surface area contributed by atoms with Gasteiger partial charge in [-0.05, 0) is 48.6 Å². The minimum absolute atomic E-state index is 0.355. The van der Waals surface area contributed by atoms with E-state index in [0.717, 1.165) is 17.7 Å². The van der Waals surface area contributed by atoms with E-state index in [4.69, 9.17) is 0 Å². The van der Waals surface area contributed by atoms with E-state index in [1.54, 1.807) is 0 Å². The van der Waals surface area contributed by atoms with Crippen LogP contribution in [0.2, 0.25) is 0 Å². The Hall–Kier alpha value is -2.36. The summed E-state index contributed by atoms with van der Waals surface area (Å²) in [6.07, 6.45) is 1.02. The summed E-state index contributed by atoms with van der Waals surface area (Å²) < 4.78 is 4.15. The largest absolute Gasteiger partial charge is 0.505 e. The second-order valence-corrected chi connectivity index (χ2v) is 5.89. The van der Waals surface area contributed by atoms with Crippen molar-refractivity contribution in [3.8, 4) is 11.4 Å². The van der Waals surface area contributed by atoms with Crippen molar-refractivity contribution >= 4 is 11.0 Å².